The van der Waals surface area contributed by atoms with Gasteiger partial charge in [0.15, 0.2) is 5.16 Å². The van der Waals surface area contributed by atoms with E-state index in [2.05, 4.69) is 14.8 Å². The first-order valence-corrected chi connectivity index (χ1v) is 8.70. The summed E-state index contributed by atoms with van der Waals surface area (Å²) in [5, 5.41) is 18.6. The molecule has 0 radical (unpaired) electrons. The highest BCUT2D eigenvalue weighted by Crippen LogP contribution is 2.44. The lowest BCUT2D eigenvalue weighted by molar-refractivity contribution is -0.133. The molecule has 7 heteroatoms. The monoisotopic (exact) mass is 299 g/mol. The molecule has 0 spiro atoms. The van der Waals surface area contributed by atoms with Crippen molar-refractivity contribution in [3.8, 4) is 0 Å². The highest BCUT2D eigenvalue weighted by atomic mass is 32.2. The molecule has 0 amide bonds. The molecule has 1 aromatic heterocycles. The van der Waals surface area contributed by atoms with E-state index in [1.165, 1.54) is 49.6 Å². The average Bonchev–Trinajstić information content (AvgIpc) is 3.17. The second-order valence-corrected chi connectivity index (χ2v) is 7.23. The van der Waals surface area contributed by atoms with E-state index in [-0.39, 0.29) is 5.75 Å². The van der Waals surface area contributed by atoms with E-state index in [0.29, 0.717) is 11.3 Å². The van der Waals surface area contributed by atoms with Crippen LogP contribution in [0, 0.1) is 0 Å². The molecule has 2 heterocycles. The Morgan fingerprint density at radius 3 is 2.84 bits per heavy atom. The third-order valence-corrected chi connectivity index (χ3v) is 5.70. The zero-order valence-corrected chi connectivity index (χ0v) is 12.3. The third kappa shape index (κ3) is 3.08. The molecule has 104 valence electrons. The lowest BCUT2D eigenvalue weighted by atomic mass is 10.2. The first-order chi connectivity index (χ1) is 9.25. The van der Waals surface area contributed by atoms with Crippen molar-refractivity contribution in [2.75, 3.05) is 11.5 Å². The van der Waals surface area contributed by atoms with Crippen LogP contribution in [0.5, 0.6) is 0 Å². The van der Waals surface area contributed by atoms with Gasteiger partial charge in [-0.1, -0.05) is 18.2 Å². The molecule has 0 bridgehead atoms. The highest BCUT2D eigenvalue weighted by Gasteiger charge is 2.33. The fourth-order valence-electron chi connectivity index (χ4n) is 2.35. The van der Waals surface area contributed by atoms with Crippen molar-refractivity contribution in [1.82, 2.24) is 14.8 Å². The quantitative estimate of drug-likeness (QED) is 0.843. The first kappa shape index (κ1) is 13.3. The second-order valence-electron chi connectivity index (χ2n) is 4.98. The van der Waals surface area contributed by atoms with Gasteiger partial charge in [0.05, 0.1) is 11.0 Å². The summed E-state index contributed by atoms with van der Waals surface area (Å²) in [6.07, 6.45) is 6.05. The van der Waals surface area contributed by atoms with Crippen LogP contribution in [-0.4, -0.2) is 37.3 Å². The molecule has 1 saturated carbocycles. The number of aliphatic carboxylic acids is 1. The Kier molecular flexibility index (Phi) is 4.02. The summed E-state index contributed by atoms with van der Waals surface area (Å²) in [6, 6.07) is 0.504. The van der Waals surface area contributed by atoms with Crippen molar-refractivity contribution in [3.63, 3.8) is 0 Å². The highest BCUT2D eigenvalue weighted by molar-refractivity contribution is 8.00. The first-order valence-electron chi connectivity index (χ1n) is 6.66. The number of hydrogen-bond acceptors (Lipinski definition) is 5. The Hall–Kier alpha value is -0.690. The normalized spacial score (nSPS) is 23.5. The Morgan fingerprint density at radius 1 is 1.37 bits per heavy atom. The molecule has 1 aromatic rings. The lowest BCUT2D eigenvalue weighted by Gasteiger charge is -2.21. The number of nitrogens with zero attached hydrogens (tertiary/aromatic N) is 3. The molecule has 0 aromatic carbocycles. The summed E-state index contributed by atoms with van der Waals surface area (Å²) in [4.78, 5) is 10.7. The summed E-state index contributed by atoms with van der Waals surface area (Å²) < 4.78 is 2.20. The van der Waals surface area contributed by atoms with Crippen LogP contribution < -0.4 is 0 Å². The Labute approximate surface area is 120 Å². The van der Waals surface area contributed by atoms with Crippen LogP contribution >= 0.6 is 23.5 Å². The summed E-state index contributed by atoms with van der Waals surface area (Å²) >= 11 is 3.25. The van der Waals surface area contributed by atoms with E-state index in [4.69, 9.17) is 5.11 Å². The maximum atomic E-state index is 10.7. The van der Waals surface area contributed by atoms with Gasteiger partial charge in [-0.3, -0.25) is 4.79 Å². The minimum absolute atomic E-state index is 0.0582. The van der Waals surface area contributed by atoms with Gasteiger partial charge >= 0.3 is 5.97 Å². The van der Waals surface area contributed by atoms with E-state index in [1.807, 2.05) is 11.8 Å². The number of hydrogen-bond donors (Lipinski definition) is 1. The molecule has 3 rings (SSSR count). The van der Waals surface area contributed by atoms with E-state index in [9.17, 15) is 4.79 Å². The predicted octanol–water partition coefficient (Wildman–Crippen LogP) is 2.75. The molecule has 2 fully saturated rings. The number of carboxylic acids is 1. The zero-order chi connectivity index (χ0) is 13.2. The van der Waals surface area contributed by atoms with Crippen LogP contribution in [0.4, 0.5) is 0 Å². The molecular weight excluding hydrogens is 282 g/mol. The number of carbonyl (C=O) groups is 1. The van der Waals surface area contributed by atoms with Gasteiger partial charge in [0.25, 0.3) is 0 Å². The van der Waals surface area contributed by atoms with Crippen LogP contribution in [0.3, 0.4) is 0 Å². The molecule has 1 N–H and O–H groups in total. The second kappa shape index (κ2) is 5.75. The van der Waals surface area contributed by atoms with Gasteiger partial charge in [-0.05, 0) is 31.4 Å². The van der Waals surface area contributed by atoms with Gasteiger partial charge in [-0.2, -0.15) is 11.8 Å². The molecule has 19 heavy (non-hydrogen) atoms. The molecule has 1 unspecified atom stereocenters. The lowest BCUT2D eigenvalue weighted by Crippen LogP contribution is -2.10. The van der Waals surface area contributed by atoms with Gasteiger partial charge < -0.3 is 9.67 Å². The van der Waals surface area contributed by atoms with Crippen LogP contribution in [0.25, 0.3) is 0 Å². The summed E-state index contributed by atoms with van der Waals surface area (Å²) in [7, 11) is 0. The van der Waals surface area contributed by atoms with Gasteiger partial charge in [-0.15, -0.1) is 10.2 Å². The minimum Gasteiger partial charge on any atom is -0.481 e. The topological polar surface area (TPSA) is 68.0 Å². The van der Waals surface area contributed by atoms with Crippen molar-refractivity contribution < 1.29 is 9.90 Å². The minimum atomic E-state index is -0.802. The van der Waals surface area contributed by atoms with Crippen LogP contribution in [0.15, 0.2) is 5.16 Å². The van der Waals surface area contributed by atoms with E-state index >= 15 is 0 Å². The molecule has 5 nitrogen and oxygen atoms in total. The SMILES string of the molecule is O=C(O)CSc1nnc(C2CCCCS2)n1C1CC1. The van der Waals surface area contributed by atoms with Gasteiger partial charge in [0.1, 0.15) is 5.82 Å². The van der Waals surface area contributed by atoms with Gasteiger partial charge in [0, 0.05) is 6.04 Å². The molecule has 1 saturated heterocycles. The summed E-state index contributed by atoms with van der Waals surface area (Å²) in [5.74, 6) is 1.52. The number of rotatable bonds is 5. The number of aromatic nitrogens is 3. The Bertz CT molecular complexity index is 468. The summed E-state index contributed by atoms with van der Waals surface area (Å²) in [6.45, 7) is 0. The van der Waals surface area contributed by atoms with Crippen LogP contribution in [0.2, 0.25) is 0 Å². The van der Waals surface area contributed by atoms with E-state index in [1.54, 1.807) is 0 Å². The van der Waals surface area contributed by atoms with E-state index in [0.717, 1.165) is 11.0 Å². The summed E-state index contributed by atoms with van der Waals surface area (Å²) in [5.41, 5.74) is 0. The molecule has 1 aliphatic heterocycles. The predicted molar refractivity (Wildman–Crippen MR) is 75.7 cm³/mol. The van der Waals surface area contributed by atoms with Crippen molar-refractivity contribution in [3.05, 3.63) is 5.82 Å². The van der Waals surface area contributed by atoms with E-state index < -0.39 is 5.97 Å². The Morgan fingerprint density at radius 2 is 2.21 bits per heavy atom. The fourth-order valence-corrected chi connectivity index (χ4v) is 4.38. The largest absolute Gasteiger partial charge is 0.481 e. The Balaban J connectivity index is 1.81. The van der Waals surface area contributed by atoms with Crippen LogP contribution in [0.1, 0.15) is 49.2 Å². The third-order valence-electron chi connectivity index (χ3n) is 3.40. The molecule has 1 aliphatic carbocycles. The van der Waals surface area contributed by atoms with Crippen LogP contribution in [-0.2, 0) is 4.79 Å². The molecular formula is C12H17N3O2S2. The smallest absolute Gasteiger partial charge is 0.313 e. The van der Waals surface area contributed by atoms with Crippen molar-refractivity contribution in [2.45, 2.75) is 48.6 Å². The molecule has 1 atom stereocenters. The maximum Gasteiger partial charge on any atom is 0.313 e. The van der Waals surface area contributed by atoms with Gasteiger partial charge in [-0.25, -0.2) is 0 Å². The standard InChI is InChI=1S/C12H17N3O2S2/c16-10(17)7-19-12-14-13-11(15(12)8-4-5-8)9-3-1-2-6-18-9/h8-9H,1-7H2,(H,16,17). The molecule has 2 aliphatic rings. The number of thioether (sulfide) groups is 2. The van der Waals surface area contributed by atoms with Crippen molar-refractivity contribution in [2.24, 2.45) is 0 Å². The average molecular weight is 299 g/mol. The fraction of sp³-hybridized carbons (Fsp3) is 0.750. The zero-order valence-electron chi connectivity index (χ0n) is 10.6. The number of carboxylic acid groups (broad SMARTS) is 1. The van der Waals surface area contributed by atoms with Gasteiger partial charge in [0.2, 0.25) is 0 Å². The van der Waals surface area contributed by atoms with Crippen molar-refractivity contribution >= 4 is 29.5 Å². The van der Waals surface area contributed by atoms with Crippen molar-refractivity contribution in [1.29, 1.82) is 0 Å². The maximum absolute atomic E-state index is 10.7.